The van der Waals surface area contributed by atoms with Crippen molar-refractivity contribution in [1.82, 2.24) is 29.2 Å². The van der Waals surface area contributed by atoms with E-state index in [9.17, 15) is 18.0 Å². The van der Waals surface area contributed by atoms with Crippen molar-refractivity contribution in [3.05, 3.63) is 64.6 Å². The third-order valence-corrected chi connectivity index (χ3v) is 8.30. The Labute approximate surface area is 222 Å². The second-order valence-electron chi connectivity index (χ2n) is 8.16. The standard InChI is InChI=1S/C23H22ClN7O4S2/c1-13(2)37(34,35)31-10-15(8-20(31)24)22(33)25-9-21(32)30-23-29-19(11-36-23)17-6-4-5-16(28-17)18-7-14(3)26-12-27-18/h4-8,10-13H,9H2,1-3H3,(H,25,33)(H,29,30,32). The Morgan fingerprint density at radius 3 is 2.51 bits per heavy atom. The van der Waals surface area contributed by atoms with Crippen LogP contribution >= 0.6 is 22.9 Å². The largest absolute Gasteiger partial charge is 0.343 e. The molecule has 2 amide bonds. The van der Waals surface area contributed by atoms with E-state index in [4.69, 9.17) is 11.6 Å². The van der Waals surface area contributed by atoms with Gasteiger partial charge in [-0.05, 0) is 45.0 Å². The van der Waals surface area contributed by atoms with Gasteiger partial charge in [-0.2, -0.15) is 0 Å². The molecule has 0 unspecified atom stereocenters. The van der Waals surface area contributed by atoms with E-state index >= 15 is 0 Å². The minimum Gasteiger partial charge on any atom is -0.343 e. The number of anilines is 1. The van der Waals surface area contributed by atoms with Crippen molar-refractivity contribution in [2.45, 2.75) is 26.0 Å². The van der Waals surface area contributed by atoms with Crippen molar-refractivity contribution in [2.24, 2.45) is 0 Å². The topological polar surface area (TPSA) is 149 Å². The van der Waals surface area contributed by atoms with E-state index in [1.807, 2.05) is 25.1 Å². The number of hydrogen-bond donors (Lipinski definition) is 2. The number of carbonyl (C=O) groups excluding carboxylic acids is 2. The van der Waals surface area contributed by atoms with Crippen LogP contribution in [0.5, 0.6) is 0 Å². The number of amides is 2. The average molecular weight is 560 g/mol. The van der Waals surface area contributed by atoms with E-state index in [0.29, 0.717) is 27.9 Å². The second-order valence-corrected chi connectivity index (χ2v) is 11.8. The van der Waals surface area contributed by atoms with Gasteiger partial charge in [-0.1, -0.05) is 17.7 Å². The molecule has 0 fully saturated rings. The van der Waals surface area contributed by atoms with E-state index in [-0.39, 0.29) is 17.3 Å². The summed E-state index contributed by atoms with van der Waals surface area (Å²) < 4.78 is 25.5. The maximum Gasteiger partial charge on any atom is 0.253 e. The molecule has 0 bridgehead atoms. The highest BCUT2D eigenvalue weighted by molar-refractivity contribution is 7.90. The molecule has 4 aromatic rings. The summed E-state index contributed by atoms with van der Waals surface area (Å²) in [7, 11) is -3.73. The van der Waals surface area contributed by atoms with Crippen LogP contribution in [-0.4, -0.2) is 55.9 Å². The van der Waals surface area contributed by atoms with E-state index in [1.165, 1.54) is 37.6 Å². The number of nitrogens with one attached hydrogen (secondary N) is 2. The molecule has 0 radical (unpaired) electrons. The molecule has 0 aliphatic heterocycles. The molecule has 2 N–H and O–H groups in total. The Morgan fingerprint density at radius 2 is 1.81 bits per heavy atom. The number of pyridine rings is 1. The summed E-state index contributed by atoms with van der Waals surface area (Å²) in [5.41, 5.74) is 3.37. The molecule has 0 aromatic carbocycles. The van der Waals surface area contributed by atoms with Crippen molar-refractivity contribution in [2.75, 3.05) is 11.9 Å². The molecule has 4 heterocycles. The monoisotopic (exact) mass is 559 g/mol. The number of aromatic nitrogens is 5. The molecule has 0 saturated carbocycles. The summed E-state index contributed by atoms with van der Waals surface area (Å²) >= 11 is 7.21. The summed E-state index contributed by atoms with van der Waals surface area (Å²) in [6.45, 7) is 4.53. The molecule has 0 saturated heterocycles. The lowest BCUT2D eigenvalue weighted by Gasteiger charge is -2.09. The zero-order chi connectivity index (χ0) is 26.7. The Balaban J connectivity index is 1.38. The van der Waals surface area contributed by atoms with E-state index in [1.54, 1.807) is 11.4 Å². The molecule has 14 heteroatoms. The van der Waals surface area contributed by atoms with Gasteiger partial charge < -0.3 is 10.6 Å². The lowest BCUT2D eigenvalue weighted by Crippen LogP contribution is -2.32. The first-order chi connectivity index (χ1) is 17.5. The molecule has 0 atom stereocenters. The predicted molar refractivity (Wildman–Crippen MR) is 141 cm³/mol. The highest BCUT2D eigenvalue weighted by Gasteiger charge is 2.23. The molecular weight excluding hydrogens is 538 g/mol. The van der Waals surface area contributed by atoms with Crippen molar-refractivity contribution in [3.8, 4) is 22.8 Å². The number of nitrogens with zero attached hydrogens (tertiary/aromatic N) is 5. The molecule has 4 rings (SSSR count). The summed E-state index contributed by atoms with van der Waals surface area (Å²) in [5, 5.41) is 6.31. The summed E-state index contributed by atoms with van der Waals surface area (Å²) in [6.07, 6.45) is 2.61. The normalized spacial score (nSPS) is 11.5. The van der Waals surface area contributed by atoms with Crippen LogP contribution in [0.4, 0.5) is 5.13 Å². The van der Waals surface area contributed by atoms with Crippen molar-refractivity contribution >= 4 is 49.9 Å². The number of hydrogen-bond acceptors (Lipinski definition) is 9. The number of carbonyl (C=O) groups is 2. The maximum atomic E-state index is 12.4. The van der Waals surface area contributed by atoms with Gasteiger partial charge >= 0.3 is 0 Å². The number of rotatable bonds is 8. The first-order valence-corrected chi connectivity index (χ1v) is 13.7. The molecule has 0 spiro atoms. The van der Waals surface area contributed by atoms with Gasteiger partial charge in [-0.3, -0.25) is 9.59 Å². The first-order valence-electron chi connectivity index (χ1n) is 11.0. The van der Waals surface area contributed by atoms with Crippen LogP contribution in [0.1, 0.15) is 29.9 Å². The molecule has 192 valence electrons. The lowest BCUT2D eigenvalue weighted by atomic mass is 10.2. The van der Waals surface area contributed by atoms with Gasteiger partial charge in [0.1, 0.15) is 17.2 Å². The number of thiazole rings is 1. The zero-order valence-electron chi connectivity index (χ0n) is 20.0. The van der Waals surface area contributed by atoms with Gasteiger partial charge in [0.15, 0.2) is 5.13 Å². The summed E-state index contributed by atoms with van der Waals surface area (Å²) in [4.78, 5) is 42.2. The Morgan fingerprint density at radius 1 is 1.08 bits per heavy atom. The van der Waals surface area contributed by atoms with Crippen LogP contribution in [0.2, 0.25) is 5.15 Å². The quantitative estimate of drug-likeness (QED) is 0.333. The first kappa shape index (κ1) is 26.4. The fourth-order valence-corrected chi connectivity index (χ4v) is 5.34. The summed E-state index contributed by atoms with van der Waals surface area (Å²) in [5.74, 6) is -1.15. The van der Waals surface area contributed by atoms with Gasteiger partial charge in [0.2, 0.25) is 15.9 Å². The maximum absolute atomic E-state index is 12.4. The third-order valence-electron chi connectivity index (χ3n) is 5.11. The van der Waals surface area contributed by atoms with Crippen molar-refractivity contribution < 1.29 is 18.0 Å². The van der Waals surface area contributed by atoms with Gasteiger partial charge in [0.25, 0.3) is 5.91 Å². The molecule has 37 heavy (non-hydrogen) atoms. The highest BCUT2D eigenvalue weighted by Crippen LogP contribution is 2.25. The average Bonchev–Trinajstić information content (AvgIpc) is 3.49. The fourth-order valence-electron chi connectivity index (χ4n) is 3.15. The minimum absolute atomic E-state index is 0.0170. The van der Waals surface area contributed by atoms with Crippen molar-refractivity contribution in [1.29, 1.82) is 0 Å². The van der Waals surface area contributed by atoms with Crippen LogP contribution < -0.4 is 10.6 Å². The van der Waals surface area contributed by atoms with Crippen LogP contribution in [0.25, 0.3) is 22.8 Å². The molecular formula is C23H22ClN7O4S2. The van der Waals surface area contributed by atoms with Crippen molar-refractivity contribution in [3.63, 3.8) is 0 Å². The van der Waals surface area contributed by atoms with Gasteiger partial charge in [0.05, 0.1) is 34.4 Å². The number of aryl methyl sites for hydroxylation is 1. The number of halogens is 1. The van der Waals surface area contributed by atoms with E-state index < -0.39 is 27.1 Å². The van der Waals surface area contributed by atoms with Crippen LogP contribution in [0.3, 0.4) is 0 Å². The minimum atomic E-state index is -3.73. The fraction of sp³-hybridized carbons (Fsp3) is 0.217. The Hall–Kier alpha value is -3.68. The van der Waals surface area contributed by atoms with Crippen LogP contribution in [0, 0.1) is 6.92 Å². The molecule has 11 nitrogen and oxygen atoms in total. The zero-order valence-corrected chi connectivity index (χ0v) is 22.4. The third kappa shape index (κ3) is 6.01. The van der Waals surface area contributed by atoms with Crippen LogP contribution in [0.15, 0.2) is 48.2 Å². The Bertz CT molecular complexity index is 1580. The SMILES string of the molecule is Cc1cc(-c2cccc(-c3csc(NC(=O)CNC(=O)c4cc(Cl)n(S(=O)(=O)C(C)C)c4)n3)n2)ncn1. The predicted octanol–water partition coefficient (Wildman–Crippen LogP) is 3.38. The van der Waals surface area contributed by atoms with Gasteiger partial charge in [-0.15, -0.1) is 11.3 Å². The Kier molecular flexibility index (Phi) is 7.66. The molecule has 0 aliphatic carbocycles. The smallest absolute Gasteiger partial charge is 0.253 e. The molecule has 4 aromatic heterocycles. The second kappa shape index (κ2) is 10.7. The lowest BCUT2D eigenvalue weighted by molar-refractivity contribution is -0.115. The van der Waals surface area contributed by atoms with E-state index in [2.05, 4.69) is 30.6 Å². The van der Waals surface area contributed by atoms with Crippen LogP contribution in [-0.2, 0) is 14.8 Å². The molecule has 0 aliphatic rings. The van der Waals surface area contributed by atoms with E-state index in [0.717, 1.165) is 15.9 Å². The van der Waals surface area contributed by atoms with Gasteiger partial charge in [-0.25, -0.2) is 32.3 Å². The van der Waals surface area contributed by atoms with Gasteiger partial charge in [0, 0.05) is 17.3 Å². The summed E-state index contributed by atoms with van der Waals surface area (Å²) in [6, 6.07) is 8.54. The highest BCUT2D eigenvalue weighted by atomic mass is 35.5.